The lowest BCUT2D eigenvalue weighted by Crippen LogP contribution is -2.61. The second kappa shape index (κ2) is 16.8. The summed E-state index contributed by atoms with van der Waals surface area (Å²) in [5, 5.41) is 22.4. The van der Waals surface area contributed by atoms with Crippen molar-refractivity contribution in [2.75, 3.05) is 13.2 Å². The first-order valence-corrected chi connectivity index (χ1v) is 14.7. The second-order valence-electron chi connectivity index (χ2n) is 10.8. The molecule has 2 aliphatic heterocycles. The van der Waals surface area contributed by atoms with E-state index in [1.54, 1.807) is 0 Å². The van der Waals surface area contributed by atoms with Crippen LogP contribution in [0.1, 0.15) is 38.3 Å². The highest BCUT2D eigenvalue weighted by Crippen LogP contribution is 2.30. The molecule has 0 unspecified atom stereocenters. The van der Waals surface area contributed by atoms with Crippen LogP contribution in [0.15, 0.2) is 60.7 Å². The van der Waals surface area contributed by atoms with Gasteiger partial charge in [0.1, 0.15) is 43.2 Å². The summed E-state index contributed by atoms with van der Waals surface area (Å²) in [6.45, 7) is 3.31. The molecular weight excluding hydrogens is 592 g/mol. The van der Waals surface area contributed by atoms with Gasteiger partial charge in [-0.15, -0.1) is 0 Å². The van der Waals surface area contributed by atoms with Crippen LogP contribution in [0.2, 0.25) is 0 Å². The molecule has 9 atom stereocenters. The first-order valence-electron chi connectivity index (χ1n) is 14.7. The lowest BCUT2D eigenvalue weighted by Gasteiger charge is -2.43. The number of aliphatic hydroxyl groups excluding tert-OH is 2. The monoisotopic (exact) mass is 632 g/mol. The number of hydrogen-bond donors (Lipinski definition) is 2. The molecule has 45 heavy (non-hydrogen) atoms. The zero-order valence-corrected chi connectivity index (χ0v) is 25.4. The lowest BCUT2D eigenvalue weighted by atomic mass is 9.98. The Kier molecular flexibility index (Phi) is 12.8. The number of aliphatic hydroxyl groups is 2. The number of hydrogen-bond acceptors (Lipinski definition) is 13. The van der Waals surface area contributed by atoms with E-state index in [1.807, 2.05) is 60.7 Å². The van der Waals surface area contributed by atoms with E-state index < -0.39 is 73.2 Å². The van der Waals surface area contributed by atoms with Crippen molar-refractivity contribution in [3.63, 3.8) is 0 Å². The molecule has 0 saturated carbocycles. The predicted molar refractivity (Wildman–Crippen MR) is 154 cm³/mol. The molecule has 246 valence electrons. The van der Waals surface area contributed by atoms with E-state index in [0.29, 0.717) is 0 Å². The largest absolute Gasteiger partial charge is 0.463 e. The molecule has 4 rings (SSSR count). The molecule has 13 nitrogen and oxygen atoms in total. The number of rotatable bonds is 13. The van der Waals surface area contributed by atoms with E-state index in [1.165, 1.54) is 20.8 Å². The molecule has 0 aliphatic carbocycles. The maximum atomic E-state index is 11.8. The summed E-state index contributed by atoms with van der Waals surface area (Å²) in [5.74, 6) is -1.87. The highest BCUT2D eigenvalue weighted by Gasteiger charge is 2.48. The summed E-state index contributed by atoms with van der Waals surface area (Å²) in [6, 6.07) is 18.7. The topological polar surface area (TPSA) is 166 Å². The summed E-state index contributed by atoms with van der Waals surface area (Å²) in [7, 11) is 0. The summed E-state index contributed by atoms with van der Waals surface area (Å²) in [4.78, 5) is 35.1. The fourth-order valence-electron chi connectivity index (χ4n) is 5.15. The van der Waals surface area contributed by atoms with Crippen molar-refractivity contribution in [3.8, 4) is 0 Å². The van der Waals surface area contributed by atoms with Gasteiger partial charge in [0.15, 0.2) is 18.7 Å². The van der Waals surface area contributed by atoms with Crippen LogP contribution < -0.4 is 0 Å². The summed E-state index contributed by atoms with van der Waals surface area (Å²) < 4.78 is 45.5. The van der Waals surface area contributed by atoms with E-state index in [0.717, 1.165) is 11.1 Å². The van der Waals surface area contributed by atoms with E-state index in [9.17, 15) is 24.6 Å². The molecular formula is C32H40O13. The van der Waals surface area contributed by atoms with Gasteiger partial charge < -0.3 is 48.1 Å². The molecule has 2 heterocycles. The Bertz CT molecular complexity index is 1230. The third-order valence-corrected chi connectivity index (χ3v) is 7.21. The second-order valence-corrected chi connectivity index (χ2v) is 10.8. The Balaban J connectivity index is 1.46. The fourth-order valence-corrected chi connectivity index (χ4v) is 5.15. The molecule has 2 fully saturated rings. The zero-order chi connectivity index (χ0) is 32.3. The van der Waals surface area contributed by atoms with Gasteiger partial charge in [0, 0.05) is 27.2 Å². The van der Waals surface area contributed by atoms with Crippen LogP contribution in [-0.4, -0.2) is 96.6 Å². The number of benzene rings is 2. The molecule has 0 amide bonds. The minimum absolute atomic E-state index is 0.0454. The molecule has 2 N–H and O–H groups in total. The van der Waals surface area contributed by atoms with Gasteiger partial charge in [-0.3, -0.25) is 14.4 Å². The number of esters is 3. The fraction of sp³-hybridized carbons (Fsp3) is 0.531. The van der Waals surface area contributed by atoms with Gasteiger partial charge in [0.2, 0.25) is 0 Å². The quantitative estimate of drug-likeness (QED) is 0.243. The van der Waals surface area contributed by atoms with Crippen molar-refractivity contribution in [1.82, 2.24) is 0 Å². The SMILES string of the molecule is CC(=O)OC[C@H]1O[C@@H](OC[C@H]2O[C@H](O)[C@H](OCc3ccccc3)[C@@H](OCc3ccccc3)[C@@H]2O)C[C@@H](OC(C)=O)[C@@H]1OC(C)=O. The molecule has 0 bridgehead atoms. The van der Waals surface area contributed by atoms with E-state index in [2.05, 4.69) is 0 Å². The minimum atomic E-state index is -1.47. The lowest BCUT2D eigenvalue weighted by molar-refractivity contribution is -0.322. The van der Waals surface area contributed by atoms with E-state index in [4.69, 9.17) is 37.9 Å². The normalized spacial score (nSPS) is 29.8. The van der Waals surface area contributed by atoms with Crippen molar-refractivity contribution in [3.05, 3.63) is 71.8 Å². The van der Waals surface area contributed by atoms with Crippen LogP contribution in [0.3, 0.4) is 0 Å². The molecule has 2 aromatic carbocycles. The van der Waals surface area contributed by atoms with Crippen LogP contribution in [0.4, 0.5) is 0 Å². The van der Waals surface area contributed by atoms with E-state index >= 15 is 0 Å². The van der Waals surface area contributed by atoms with Crippen molar-refractivity contribution < 1.29 is 62.5 Å². The van der Waals surface area contributed by atoms with Crippen LogP contribution >= 0.6 is 0 Å². The number of carbonyl (C=O) groups excluding carboxylic acids is 3. The van der Waals surface area contributed by atoms with E-state index in [-0.39, 0.29) is 32.8 Å². The number of ether oxygens (including phenoxy) is 8. The minimum Gasteiger partial charge on any atom is -0.463 e. The Hall–Kier alpha value is -3.43. The van der Waals surface area contributed by atoms with Gasteiger partial charge >= 0.3 is 17.9 Å². The standard InChI is InChI=1S/C32H40O13/c1-19(33)38-18-26-29(43-21(3)35)24(42-20(2)34)14-27(44-26)39-17-25-28(36)30(40-15-22-10-6-4-7-11-22)31(32(37)45-25)41-16-23-12-8-5-9-13-23/h4-13,24-32,36-37H,14-18H2,1-3H3/t24-,25-,26-,27-,28-,29+,30+,31-,32+/m1/s1. The van der Waals surface area contributed by atoms with Gasteiger partial charge in [-0.25, -0.2) is 0 Å². The Morgan fingerprint density at radius 1 is 0.689 bits per heavy atom. The Morgan fingerprint density at radius 3 is 1.82 bits per heavy atom. The Labute approximate surface area is 261 Å². The molecule has 0 aromatic heterocycles. The van der Waals surface area contributed by atoms with Crippen molar-refractivity contribution in [2.24, 2.45) is 0 Å². The average molecular weight is 633 g/mol. The van der Waals surface area contributed by atoms with Gasteiger partial charge in [-0.05, 0) is 11.1 Å². The summed E-state index contributed by atoms with van der Waals surface area (Å²) in [6.07, 6.45) is -10.1. The van der Waals surface area contributed by atoms with Crippen LogP contribution in [0.25, 0.3) is 0 Å². The third-order valence-electron chi connectivity index (χ3n) is 7.21. The zero-order valence-electron chi connectivity index (χ0n) is 25.4. The van der Waals surface area contributed by atoms with Gasteiger partial charge in [-0.1, -0.05) is 60.7 Å². The molecule has 0 radical (unpaired) electrons. The van der Waals surface area contributed by atoms with Gasteiger partial charge in [0.25, 0.3) is 0 Å². The van der Waals surface area contributed by atoms with Crippen LogP contribution in [0, 0.1) is 0 Å². The van der Waals surface area contributed by atoms with Crippen LogP contribution in [-0.2, 0) is 65.5 Å². The van der Waals surface area contributed by atoms with Gasteiger partial charge in [-0.2, -0.15) is 0 Å². The maximum Gasteiger partial charge on any atom is 0.303 e. The third kappa shape index (κ3) is 10.3. The summed E-state index contributed by atoms with van der Waals surface area (Å²) in [5.41, 5.74) is 1.71. The van der Waals surface area contributed by atoms with Crippen molar-refractivity contribution in [1.29, 1.82) is 0 Å². The van der Waals surface area contributed by atoms with Crippen LogP contribution in [0.5, 0.6) is 0 Å². The Morgan fingerprint density at radius 2 is 1.27 bits per heavy atom. The van der Waals surface area contributed by atoms with Crippen molar-refractivity contribution >= 4 is 17.9 Å². The maximum absolute atomic E-state index is 11.8. The highest BCUT2D eigenvalue weighted by atomic mass is 16.7. The molecule has 2 aromatic rings. The van der Waals surface area contributed by atoms with Crippen molar-refractivity contribution in [2.45, 2.75) is 95.7 Å². The predicted octanol–water partition coefficient (Wildman–Crippen LogP) is 1.79. The average Bonchev–Trinajstić information content (AvgIpc) is 3.00. The first kappa shape index (κ1) is 34.4. The number of carbonyl (C=O) groups is 3. The summed E-state index contributed by atoms with van der Waals surface area (Å²) >= 11 is 0. The first-order chi connectivity index (χ1) is 21.6. The molecule has 0 spiro atoms. The smallest absolute Gasteiger partial charge is 0.303 e. The molecule has 13 heteroatoms. The molecule has 2 aliphatic rings. The highest BCUT2D eigenvalue weighted by molar-refractivity contribution is 5.67. The molecule has 2 saturated heterocycles. The van der Waals surface area contributed by atoms with Gasteiger partial charge in [0.05, 0.1) is 19.8 Å².